The summed E-state index contributed by atoms with van der Waals surface area (Å²) < 4.78 is 5.30. The number of hydrogen-bond donors (Lipinski definition) is 3. The summed E-state index contributed by atoms with van der Waals surface area (Å²) in [6, 6.07) is 0.400. The minimum Gasteiger partial charge on any atom is -0.444 e. The van der Waals surface area contributed by atoms with E-state index in [2.05, 4.69) is 16.0 Å². The molecule has 0 aliphatic heterocycles. The van der Waals surface area contributed by atoms with Crippen molar-refractivity contribution < 1.29 is 14.3 Å². The van der Waals surface area contributed by atoms with Crippen LogP contribution in [0.15, 0.2) is 0 Å². The van der Waals surface area contributed by atoms with Crippen LogP contribution in [0, 0.1) is 11.8 Å². The summed E-state index contributed by atoms with van der Waals surface area (Å²) in [6.07, 6.45) is 8.79. The highest BCUT2D eigenvalue weighted by molar-refractivity contribution is 5.78. The minimum absolute atomic E-state index is 0.223. The predicted molar refractivity (Wildman–Crippen MR) is 103 cm³/mol. The maximum absolute atomic E-state index is 12.1. The molecule has 0 aromatic heterocycles. The average Bonchev–Trinajstić information content (AvgIpc) is 3.03. The molecule has 0 saturated heterocycles. The largest absolute Gasteiger partial charge is 0.444 e. The minimum atomic E-state index is -0.464. The van der Waals surface area contributed by atoms with Crippen molar-refractivity contribution >= 4 is 12.0 Å². The molecule has 2 unspecified atom stereocenters. The van der Waals surface area contributed by atoms with Crippen LogP contribution in [0.4, 0.5) is 4.79 Å². The third-order valence-corrected chi connectivity index (χ3v) is 5.37. The second kappa shape index (κ2) is 10.1. The van der Waals surface area contributed by atoms with Gasteiger partial charge in [0.15, 0.2) is 0 Å². The van der Waals surface area contributed by atoms with Crippen LogP contribution in [0.2, 0.25) is 0 Å². The molecule has 2 saturated carbocycles. The molecule has 6 nitrogen and oxygen atoms in total. The van der Waals surface area contributed by atoms with Crippen molar-refractivity contribution in [3.63, 3.8) is 0 Å². The van der Waals surface area contributed by atoms with Crippen molar-refractivity contribution in [3.8, 4) is 0 Å². The van der Waals surface area contributed by atoms with E-state index in [0.29, 0.717) is 25.0 Å². The van der Waals surface area contributed by atoms with E-state index in [9.17, 15) is 9.59 Å². The van der Waals surface area contributed by atoms with Gasteiger partial charge in [-0.1, -0.05) is 25.7 Å². The molecule has 26 heavy (non-hydrogen) atoms. The van der Waals surface area contributed by atoms with Crippen LogP contribution in [-0.4, -0.2) is 43.3 Å². The van der Waals surface area contributed by atoms with Gasteiger partial charge in [0, 0.05) is 31.6 Å². The van der Waals surface area contributed by atoms with Crippen LogP contribution in [0.5, 0.6) is 0 Å². The lowest BCUT2D eigenvalue weighted by atomic mass is 9.89. The Bertz CT molecular complexity index is 456. The quantitative estimate of drug-likeness (QED) is 0.605. The van der Waals surface area contributed by atoms with Crippen LogP contribution in [0.1, 0.15) is 72.1 Å². The molecule has 2 atom stereocenters. The molecule has 2 aliphatic carbocycles. The summed E-state index contributed by atoms with van der Waals surface area (Å²) in [5.41, 5.74) is -0.464. The van der Waals surface area contributed by atoms with Crippen LogP contribution in [0.3, 0.4) is 0 Å². The third kappa shape index (κ3) is 7.52. The number of rotatable bonds is 7. The maximum atomic E-state index is 12.1. The first-order chi connectivity index (χ1) is 12.3. The molecule has 6 heteroatoms. The van der Waals surface area contributed by atoms with Gasteiger partial charge in [0.05, 0.1) is 0 Å². The number of carbonyl (C=O) groups excluding carboxylic acids is 2. The smallest absolute Gasteiger partial charge is 0.407 e. The Morgan fingerprint density at radius 2 is 1.65 bits per heavy atom. The van der Waals surface area contributed by atoms with Gasteiger partial charge in [-0.05, 0) is 52.4 Å². The summed E-state index contributed by atoms with van der Waals surface area (Å²) in [5, 5.41) is 9.52. The molecule has 3 N–H and O–H groups in total. The Morgan fingerprint density at radius 1 is 0.923 bits per heavy atom. The Hall–Kier alpha value is -1.30. The highest BCUT2D eigenvalue weighted by Gasteiger charge is 2.28. The lowest BCUT2D eigenvalue weighted by Crippen LogP contribution is -2.43. The van der Waals surface area contributed by atoms with E-state index in [0.717, 1.165) is 32.2 Å². The average molecular weight is 368 g/mol. The van der Waals surface area contributed by atoms with Crippen molar-refractivity contribution in [1.29, 1.82) is 0 Å². The number of alkyl carbamates (subject to hydrolysis) is 1. The molecule has 2 rings (SSSR count). The van der Waals surface area contributed by atoms with Crippen molar-refractivity contribution in [2.75, 3.05) is 19.6 Å². The summed E-state index contributed by atoms with van der Waals surface area (Å²) in [5.74, 6) is 0.874. The van der Waals surface area contributed by atoms with E-state index in [4.69, 9.17) is 4.74 Å². The number of ether oxygens (including phenoxy) is 1. The molecule has 0 aromatic rings. The molecule has 0 bridgehead atoms. The van der Waals surface area contributed by atoms with E-state index in [-0.39, 0.29) is 17.9 Å². The van der Waals surface area contributed by atoms with E-state index in [1.807, 2.05) is 20.8 Å². The predicted octanol–water partition coefficient (Wildman–Crippen LogP) is 2.97. The van der Waals surface area contributed by atoms with E-state index in [1.54, 1.807) is 0 Å². The van der Waals surface area contributed by atoms with Gasteiger partial charge >= 0.3 is 6.09 Å². The highest BCUT2D eigenvalue weighted by atomic mass is 16.6. The third-order valence-electron chi connectivity index (χ3n) is 5.37. The molecular formula is C20H37N3O3. The van der Waals surface area contributed by atoms with E-state index >= 15 is 0 Å². The lowest BCUT2D eigenvalue weighted by Gasteiger charge is -2.24. The van der Waals surface area contributed by atoms with Gasteiger partial charge in [0.2, 0.25) is 5.91 Å². The summed E-state index contributed by atoms with van der Waals surface area (Å²) in [4.78, 5) is 24.0. The van der Waals surface area contributed by atoms with Crippen LogP contribution < -0.4 is 16.0 Å². The van der Waals surface area contributed by atoms with Gasteiger partial charge in [-0.25, -0.2) is 4.79 Å². The van der Waals surface area contributed by atoms with E-state index < -0.39 is 5.60 Å². The second-order valence-electron chi connectivity index (χ2n) is 8.76. The van der Waals surface area contributed by atoms with Crippen molar-refractivity contribution in [1.82, 2.24) is 16.0 Å². The lowest BCUT2D eigenvalue weighted by molar-refractivity contribution is -0.125. The SMILES string of the molecule is CC(C)(C)OC(=O)NCC1CCCC1NCCNC(=O)C1CCCCC1. The molecular weight excluding hydrogens is 330 g/mol. The normalized spacial score (nSPS) is 24.3. The van der Waals surface area contributed by atoms with Gasteiger partial charge < -0.3 is 20.7 Å². The Labute approximate surface area is 158 Å². The van der Waals surface area contributed by atoms with Crippen LogP contribution in [-0.2, 0) is 9.53 Å². The monoisotopic (exact) mass is 367 g/mol. The molecule has 2 aliphatic rings. The van der Waals surface area contributed by atoms with Crippen LogP contribution >= 0.6 is 0 Å². The number of nitrogens with one attached hydrogen (secondary N) is 3. The zero-order valence-corrected chi connectivity index (χ0v) is 16.7. The first-order valence-corrected chi connectivity index (χ1v) is 10.3. The summed E-state index contributed by atoms with van der Waals surface area (Å²) in [6.45, 7) is 7.71. The Balaban J connectivity index is 1.60. The summed E-state index contributed by atoms with van der Waals surface area (Å²) in [7, 11) is 0. The fourth-order valence-electron chi connectivity index (χ4n) is 4.03. The molecule has 2 amide bonds. The van der Waals surface area contributed by atoms with Crippen molar-refractivity contribution in [2.24, 2.45) is 11.8 Å². The number of carbonyl (C=O) groups is 2. The van der Waals surface area contributed by atoms with Crippen molar-refractivity contribution in [3.05, 3.63) is 0 Å². The fourth-order valence-corrected chi connectivity index (χ4v) is 4.03. The van der Waals surface area contributed by atoms with Gasteiger partial charge in [-0.15, -0.1) is 0 Å². The second-order valence-corrected chi connectivity index (χ2v) is 8.76. The molecule has 150 valence electrons. The van der Waals surface area contributed by atoms with E-state index in [1.165, 1.54) is 25.7 Å². The molecule has 2 fully saturated rings. The fraction of sp³-hybridized carbons (Fsp3) is 0.900. The maximum Gasteiger partial charge on any atom is 0.407 e. The van der Waals surface area contributed by atoms with Crippen molar-refractivity contribution in [2.45, 2.75) is 83.8 Å². The topological polar surface area (TPSA) is 79.5 Å². The highest BCUT2D eigenvalue weighted by Crippen LogP contribution is 2.25. The molecule has 0 aromatic carbocycles. The number of hydrogen-bond acceptors (Lipinski definition) is 4. The first kappa shape index (κ1) is 21.0. The van der Waals surface area contributed by atoms with Gasteiger partial charge in [0.25, 0.3) is 0 Å². The standard InChI is InChI=1S/C20H37N3O3/c1-20(2,3)26-19(25)23-14-16-10-7-11-17(16)21-12-13-22-18(24)15-8-5-4-6-9-15/h15-17,21H,4-14H2,1-3H3,(H,22,24)(H,23,25). The zero-order chi connectivity index (χ0) is 19.0. The summed E-state index contributed by atoms with van der Waals surface area (Å²) >= 11 is 0. The van der Waals surface area contributed by atoms with Crippen LogP contribution in [0.25, 0.3) is 0 Å². The molecule has 0 heterocycles. The van der Waals surface area contributed by atoms with Gasteiger partial charge in [0.1, 0.15) is 5.60 Å². The first-order valence-electron chi connectivity index (χ1n) is 10.3. The molecule has 0 radical (unpaired) electrons. The Kier molecular flexibility index (Phi) is 8.19. The van der Waals surface area contributed by atoms with Gasteiger partial charge in [-0.2, -0.15) is 0 Å². The molecule has 0 spiro atoms. The zero-order valence-electron chi connectivity index (χ0n) is 16.7. The Morgan fingerprint density at radius 3 is 2.35 bits per heavy atom. The number of amides is 2. The van der Waals surface area contributed by atoms with Gasteiger partial charge in [-0.3, -0.25) is 4.79 Å².